The number of aromatic nitrogens is 2. The predicted molar refractivity (Wildman–Crippen MR) is 64.1 cm³/mol. The number of rotatable bonds is 1. The second-order valence-corrected chi connectivity index (χ2v) is 5.06. The van der Waals surface area contributed by atoms with Crippen LogP contribution >= 0.6 is 0 Å². The minimum atomic E-state index is -4.53. The third-order valence-electron chi connectivity index (χ3n) is 3.73. The van der Waals surface area contributed by atoms with Crippen LogP contribution in [0, 0.1) is 0 Å². The highest BCUT2D eigenvalue weighted by Crippen LogP contribution is 2.31. The Balaban J connectivity index is 2.02. The van der Waals surface area contributed by atoms with Gasteiger partial charge in [0.1, 0.15) is 0 Å². The van der Waals surface area contributed by atoms with E-state index in [0.29, 0.717) is 25.3 Å². The molecule has 0 atom stereocenters. The molecule has 8 heteroatoms. The van der Waals surface area contributed by atoms with E-state index in [1.807, 2.05) is 0 Å². The molecule has 2 aliphatic heterocycles. The van der Waals surface area contributed by atoms with E-state index in [-0.39, 0.29) is 24.7 Å². The summed E-state index contributed by atoms with van der Waals surface area (Å²) in [6.45, 7) is 2.08. The Labute approximate surface area is 113 Å². The van der Waals surface area contributed by atoms with Gasteiger partial charge in [-0.3, -0.25) is 4.79 Å². The Hall–Kier alpha value is -1.57. The van der Waals surface area contributed by atoms with Gasteiger partial charge in [0.05, 0.1) is 5.69 Å². The molecule has 1 aromatic rings. The Morgan fingerprint density at radius 3 is 2.55 bits per heavy atom. The molecule has 3 heterocycles. The summed E-state index contributed by atoms with van der Waals surface area (Å²) in [5.74, 6) is -1.35. The number of nitrogens with zero attached hydrogens (tertiary/aromatic N) is 3. The Morgan fingerprint density at radius 2 is 1.90 bits per heavy atom. The first-order valence-electron chi connectivity index (χ1n) is 6.65. The molecule has 1 N–H and O–H groups in total. The van der Waals surface area contributed by atoms with Crippen LogP contribution in [-0.2, 0) is 19.3 Å². The summed E-state index contributed by atoms with van der Waals surface area (Å²) in [5, 5.41) is 2.99. The van der Waals surface area contributed by atoms with Crippen LogP contribution in [0.15, 0.2) is 0 Å². The number of alkyl halides is 3. The maximum Gasteiger partial charge on any atom is 0.449 e. The Kier molecular flexibility index (Phi) is 3.19. The largest absolute Gasteiger partial charge is 0.449 e. The minimum absolute atomic E-state index is 0.0496. The standard InChI is InChI=1S/C12H15F3N4O/c13-12(14,15)11-17-9(8-7-16-3-6-19(8)11)10(20)18-4-1-2-5-18/h16H,1-7H2. The van der Waals surface area contributed by atoms with Gasteiger partial charge in [-0.05, 0) is 12.8 Å². The van der Waals surface area contributed by atoms with E-state index in [9.17, 15) is 18.0 Å². The number of carbonyl (C=O) groups excluding carboxylic acids is 1. The highest BCUT2D eigenvalue weighted by Gasteiger charge is 2.41. The van der Waals surface area contributed by atoms with Crippen molar-refractivity contribution in [3.05, 3.63) is 17.2 Å². The van der Waals surface area contributed by atoms with Crippen molar-refractivity contribution in [2.24, 2.45) is 0 Å². The summed E-state index contributed by atoms with van der Waals surface area (Å²) in [4.78, 5) is 17.5. The number of carbonyl (C=O) groups is 1. The summed E-state index contributed by atoms with van der Waals surface area (Å²) < 4.78 is 40.1. The maximum atomic E-state index is 13.0. The maximum absolute atomic E-state index is 13.0. The van der Waals surface area contributed by atoms with E-state index in [4.69, 9.17) is 0 Å². The molecule has 5 nitrogen and oxygen atoms in total. The smallest absolute Gasteiger partial charge is 0.337 e. The van der Waals surface area contributed by atoms with E-state index in [0.717, 1.165) is 17.4 Å². The molecule has 20 heavy (non-hydrogen) atoms. The van der Waals surface area contributed by atoms with Gasteiger partial charge in [0, 0.05) is 32.7 Å². The molecule has 0 aromatic carbocycles. The van der Waals surface area contributed by atoms with E-state index in [1.54, 1.807) is 4.90 Å². The fourth-order valence-corrected chi connectivity index (χ4v) is 2.76. The van der Waals surface area contributed by atoms with Gasteiger partial charge < -0.3 is 14.8 Å². The molecule has 0 spiro atoms. The molecule has 1 fully saturated rings. The van der Waals surface area contributed by atoms with Crippen LogP contribution in [0.2, 0.25) is 0 Å². The molecule has 3 rings (SSSR count). The van der Waals surface area contributed by atoms with Crippen LogP contribution in [0.1, 0.15) is 34.8 Å². The molecule has 1 amide bonds. The van der Waals surface area contributed by atoms with E-state index < -0.39 is 12.0 Å². The summed E-state index contributed by atoms with van der Waals surface area (Å²) >= 11 is 0. The van der Waals surface area contributed by atoms with Crippen molar-refractivity contribution in [1.29, 1.82) is 0 Å². The number of nitrogens with one attached hydrogen (secondary N) is 1. The number of hydrogen-bond donors (Lipinski definition) is 1. The van der Waals surface area contributed by atoms with Crippen LogP contribution in [0.3, 0.4) is 0 Å². The monoisotopic (exact) mass is 288 g/mol. The van der Waals surface area contributed by atoms with Crippen molar-refractivity contribution in [2.75, 3.05) is 19.6 Å². The molecule has 0 aliphatic carbocycles. The molecular weight excluding hydrogens is 273 g/mol. The van der Waals surface area contributed by atoms with Crippen molar-refractivity contribution in [1.82, 2.24) is 19.8 Å². The van der Waals surface area contributed by atoms with Crippen LogP contribution < -0.4 is 5.32 Å². The van der Waals surface area contributed by atoms with Gasteiger partial charge in [-0.25, -0.2) is 4.98 Å². The van der Waals surface area contributed by atoms with Gasteiger partial charge in [-0.2, -0.15) is 13.2 Å². The summed E-state index contributed by atoms with van der Waals surface area (Å²) in [6.07, 6.45) is -2.74. The van der Waals surface area contributed by atoms with Crippen molar-refractivity contribution in [2.45, 2.75) is 32.1 Å². The van der Waals surface area contributed by atoms with Crippen LogP contribution in [0.4, 0.5) is 13.2 Å². The molecule has 1 aromatic heterocycles. The lowest BCUT2D eigenvalue weighted by atomic mass is 10.2. The average Bonchev–Trinajstić information content (AvgIpc) is 3.05. The Morgan fingerprint density at radius 1 is 1.20 bits per heavy atom. The molecule has 2 aliphatic rings. The van der Waals surface area contributed by atoms with Gasteiger partial charge in [-0.15, -0.1) is 0 Å². The molecular formula is C12H15F3N4O. The number of halogens is 3. The quantitative estimate of drug-likeness (QED) is 0.846. The minimum Gasteiger partial charge on any atom is -0.337 e. The molecule has 110 valence electrons. The third-order valence-corrected chi connectivity index (χ3v) is 3.73. The fourth-order valence-electron chi connectivity index (χ4n) is 2.76. The summed E-state index contributed by atoms with van der Waals surface area (Å²) in [7, 11) is 0. The van der Waals surface area contributed by atoms with E-state index in [1.165, 1.54) is 0 Å². The van der Waals surface area contributed by atoms with Gasteiger partial charge >= 0.3 is 6.18 Å². The fraction of sp³-hybridized carbons (Fsp3) is 0.667. The number of amides is 1. The Bertz CT molecular complexity index is 532. The highest BCUT2D eigenvalue weighted by atomic mass is 19.4. The first-order chi connectivity index (χ1) is 9.48. The lowest BCUT2D eigenvalue weighted by Crippen LogP contribution is -2.33. The molecule has 0 saturated carbocycles. The lowest BCUT2D eigenvalue weighted by Gasteiger charge is -2.20. The van der Waals surface area contributed by atoms with Gasteiger partial charge in [-0.1, -0.05) is 0 Å². The second-order valence-electron chi connectivity index (χ2n) is 5.06. The van der Waals surface area contributed by atoms with Crippen molar-refractivity contribution in [3.63, 3.8) is 0 Å². The van der Waals surface area contributed by atoms with Crippen molar-refractivity contribution in [3.8, 4) is 0 Å². The number of hydrogen-bond acceptors (Lipinski definition) is 3. The van der Waals surface area contributed by atoms with E-state index >= 15 is 0 Å². The molecule has 0 bridgehead atoms. The zero-order valence-electron chi connectivity index (χ0n) is 10.8. The first kappa shape index (κ1) is 13.4. The normalized spacial score (nSPS) is 19.2. The second kappa shape index (κ2) is 4.76. The molecule has 1 saturated heterocycles. The van der Waals surface area contributed by atoms with Gasteiger partial charge in [0.2, 0.25) is 5.82 Å². The molecule has 0 unspecified atom stereocenters. The first-order valence-corrected chi connectivity index (χ1v) is 6.65. The number of fused-ring (bicyclic) bond motifs is 1. The zero-order chi connectivity index (χ0) is 14.3. The lowest BCUT2D eigenvalue weighted by molar-refractivity contribution is -0.147. The topological polar surface area (TPSA) is 50.2 Å². The van der Waals surface area contributed by atoms with Gasteiger partial charge in [0.15, 0.2) is 5.69 Å². The van der Waals surface area contributed by atoms with Crippen LogP contribution in [0.5, 0.6) is 0 Å². The SMILES string of the molecule is O=C(c1nc(C(F)(F)F)n2c1CNCC2)N1CCCC1. The third kappa shape index (κ3) is 2.17. The summed E-state index contributed by atoms with van der Waals surface area (Å²) in [5.41, 5.74) is 0.298. The number of imidazole rings is 1. The summed E-state index contributed by atoms with van der Waals surface area (Å²) in [6, 6.07) is 0. The zero-order valence-corrected chi connectivity index (χ0v) is 10.8. The van der Waals surface area contributed by atoms with Crippen LogP contribution in [0.25, 0.3) is 0 Å². The highest BCUT2D eigenvalue weighted by molar-refractivity contribution is 5.93. The average molecular weight is 288 g/mol. The van der Waals surface area contributed by atoms with E-state index in [2.05, 4.69) is 10.3 Å². The molecule has 0 radical (unpaired) electrons. The number of likely N-dealkylation sites (tertiary alicyclic amines) is 1. The van der Waals surface area contributed by atoms with Crippen LogP contribution in [-0.4, -0.2) is 40.0 Å². The predicted octanol–water partition coefficient (Wildman–Crippen LogP) is 1.24. The van der Waals surface area contributed by atoms with Crippen molar-refractivity contribution < 1.29 is 18.0 Å². The van der Waals surface area contributed by atoms with Crippen molar-refractivity contribution >= 4 is 5.91 Å². The van der Waals surface area contributed by atoms with Gasteiger partial charge in [0.25, 0.3) is 5.91 Å².